The number of halogens is 2. The normalized spacial score (nSPS) is 12.6. The van der Waals surface area contributed by atoms with Gasteiger partial charge >= 0.3 is 0 Å². The molecule has 2 aromatic rings. The van der Waals surface area contributed by atoms with Crippen LogP contribution < -0.4 is 15.5 Å². The molecule has 27 heavy (non-hydrogen) atoms. The van der Waals surface area contributed by atoms with E-state index >= 15 is 0 Å². The Morgan fingerprint density at radius 1 is 1.19 bits per heavy atom. The van der Waals surface area contributed by atoms with Crippen molar-refractivity contribution >= 4 is 35.0 Å². The van der Waals surface area contributed by atoms with E-state index in [4.69, 9.17) is 23.2 Å². The molecule has 8 heteroatoms. The van der Waals surface area contributed by atoms with E-state index in [1.165, 1.54) is 0 Å². The summed E-state index contributed by atoms with van der Waals surface area (Å²) in [6, 6.07) is 10.9. The van der Waals surface area contributed by atoms with E-state index in [0.717, 1.165) is 11.5 Å². The van der Waals surface area contributed by atoms with Crippen molar-refractivity contribution in [1.82, 2.24) is 15.6 Å². The Labute approximate surface area is 170 Å². The largest absolute Gasteiger partial charge is 0.387 e. The summed E-state index contributed by atoms with van der Waals surface area (Å²) in [6.45, 7) is 3.38. The molecule has 0 radical (unpaired) electrons. The van der Waals surface area contributed by atoms with Gasteiger partial charge in [-0.25, -0.2) is 9.98 Å². The lowest BCUT2D eigenvalue weighted by Gasteiger charge is -2.16. The third-order valence-electron chi connectivity index (χ3n) is 3.73. The topological polar surface area (TPSA) is 72.8 Å². The summed E-state index contributed by atoms with van der Waals surface area (Å²) in [5.74, 6) is 1.48. The van der Waals surface area contributed by atoms with Crippen LogP contribution in [0.15, 0.2) is 41.4 Å². The molecule has 0 spiro atoms. The van der Waals surface area contributed by atoms with Gasteiger partial charge in [-0.3, -0.25) is 0 Å². The summed E-state index contributed by atoms with van der Waals surface area (Å²) in [6.07, 6.45) is -0.764. The van der Waals surface area contributed by atoms with Gasteiger partial charge < -0.3 is 20.6 Å². The van der Waals surface area contributed by atoms with Crippen LogP contribution in [-0.4, -0.2) is 43.2 Å². The Morgan fingerprint density at radius 2 is 1.89 bits per heavy atom. The SMILES string of the molecule is CCNC(=NCc1cccc(N(C)C)n1)NCC(O)c1cc(Cl)cc(Cl)c1. The van der Waals surface area contributed by atoms with Crippen molar-refractivity contribution in [2.75, 3.05) is 32.1 Å². The monoisotopic (exact) mass is 409 g/mol. The van der Waals surface area contributed by atoms with E-state index in [1.54, 1.807) is 18.2 Å². The van der Waals surface area contributed by atoms with Gasteiger partial charge in [0.05, 0.1) is 18.3 Å². The minimum absolute atomic E-state index is 0.271. The quantitative estimate of drug-likeness (QED) is 0.483. The van der Waals surface area contributed by atoms with Gasteiger partial charge in [0, 0.05) is 37.2 Å². The van der Waals surface area contributed by atoms with E-state index in [2.05, 4.69) is 20.6 Å². The molecular weight excluding hydrogens is 385 g/mol. The summed E-state index contributed by atoms with van der Waals surface area (Å²) >= 11 is 12.0. The maximum Gasteiger partial charge on any atom is 0.191 e. The second-order valence-corrected chi connectivity index (χ2v) is 7.05. The predicted molar refractivity (Wildman–Crippen MR) is 113 cm³/mol. The van der Waals surface area contributed by atoms with Crippen LogP contribution in [0.5, 0.6) is 0 Å². The third kappa shape index (κ3) is 6.90. The number of hydrogen-bond donors (Lipinski definition) is 3. The Hall–Kier alpha value is -2.02. The zero-order valence-electron chi connectivity index (χ0n) is 15.7. The van der Waals surface area contributed by atoms with E-state index in [0.29, 0.717) is 34.7 Å². The van der Waals surface area contributed by atoms with Gasteiger partial charge in [-0.05, 0) is 42.8 Å². The molecule has 0 bridgehead atoms. The Balaban J connectivity index is 2.01. The van der Waals surface area contributed by atoms with Crippen molar-refractivity contribution in [1.29, 1.82) is 0 Å². The van der Waals surface area contributed by atoms with Gasteiger partial charge in [0.15, 0.2) is 5.96 Å². The molecule has 146 valence electrons. The number of hydrogen-bond acceptors (Lipinski definition) is 4. The van der Waals surface area contributed by atoms with E-state index in [1.807, 2.05) is 44.1 Å². The summed E-state index contributed by atoms with van der Waals surface area (Å²) in [7, 11) is 3.90. The number of guanidine groups is 1. The van der Waals surface area contributed by atoms with Gasteiger partial charge in [-0.2, -0.15) is 0 Å². The first-order valence-electron chi connectivity index (χ1n) is 8.68. The first-order chi connectivity index (χ1) is 12.9. The number of anilines is 1. The summed E-state index contributed by atoms with van der Waals surface area (Å²) < 4.78 is 0. The highest BCUT2D eigenvalue weighted by atomic mass is 35.5. The molecule has 0 saturated heterocycles. The molecule has 1 heterocycles. The zero-order valence-corrected chi connectivity index (χ0v) is 17.2. The van der Waals surface area contributed by atoms with Crippen LogP contribution in [0, 0.1) is 0 Å². The Bertz CT molecular complexity index is 762. The van der Waals surface area contributed by atoms with Gasteiger partial charge in [0.25, 0.3) is 0 Å². The summed E-state index contributed by atoms with van der Waals surface area (Å²) in [5.41, 5.74) is 1.51. The van der Waals surface area contributed by atoms with Crippen LogP contribution in [0.4, 0.5) is 5.82 Å². The first kappa shape index (κ1) is 21.3. The number of benzene rings is 1. The van der Waals surface area contributed by atoms with E-state index in [9.17, 15) is 5.11 Å². The standard InChI is InChI=1S/C19H25Cl2N5O/c1-4-22-19(23-11-16-6-5-7-18(25-16)26(2)3)24-12-17(27)13-8-14(20)10-15(21)9-13/h5-10,17,27H,4,11-12H2,1-3H3,(H2,22,23,24). The maximum atomic E-state index is 10.4. The molecule has 2 rings (SSSR count). The number of nitrogens with one attached hydrogen (secondary N) is 2. The van der Waals surface area contributed by atoms with Crippen LogP contribution in [-0.2, 0) is 6.54 Å². The molecular formula is C19H25Cl2N5O. The number of nitrogens with zero attached hydrogens (tertiary/aromatic N) is 3. The van der Waals surface area contributed by atoms with Crippen molar-refractivity contribution < 1.29 is 5.11 Å². The molecule has 0 amide bonds. The number of aliphatic hydroxyl groups excluding tert-OH is 1. The van der Waals surface area contributed by atoms with Crippen molar-refractivity contribution in [3.63, 3.8) is 0 Å². The molecule has 1 aromatic carbocycles. The molecule has 0 aliphatic rings. The lowest BCUT2D eigenvalue weighted by Crippen LogP contribution is -2.39. The van der Waals surface area contributed by atoms with Crippen LogP contribution in [0.2, 0.25) is 10.0 Å². The highest BCUT2D eigenvalue weighted by Crippen LogP contribution is 2.23. The smallest absolute Gasteiger partial charge is 0.191 e. The van der Waals surface area contributed by atoms with Crippen molar-refractivity contribution in [3.05, 3.63) is 57.7 Å². The maximum absolute atomic E-state index is 10.4. The molecule has 0 saturated carbocycles. The zero-order chi connectivity index (χ0) is 19.8. The van der Waals surface area contributed by atoms with Crippen molar-refractivity contribution in [2.24, 2.45) is 4.99 Å². The van der Waals surface area contributed by atoms with Gasteiger partial charge in [0.1, 0.15) is 5.82 Å². The summed E-state index contributed by atoms with van der Waals surface area (Å²) in [4.78, 5) is 11.0. The number of pyridine rings is 1. The molecule has 0 fully saturated rings. The fraction of sp³-hybridized carbons (Fsp3) is 0.368. The molecule has 1 aromatic heterocycles. The average Bonchev–Trinajstić information content (AvgIpc) is 2.63. The molecule has 3 N–H and O–H groups in total. The molecule has 0 aliphatic carbocycles. The fourth-order valence-electron chi connectivity index (χ4n) is 2.38. The number of aromatic nitrogens is 1. The van der Waals surface area contributed by atoms with Crippen LogP contribution >= 0.6 is 23.2 Å². The third-order valence-corrected chi connectivity index (χ3v) is 4.16. The highest BCUT2D eigenvalue weighted by Gasteiger charge is 2.10. The average molecular weight is 410 g/mol. The van der Waals surface area contributed by atoms with Gasteiger partial charge in [0.2, 0.25) is 0 Å². The van der Waals surface area contributed by atoms with E-state index in [-0.39, 0.29) is 6.54 Å². The molecule has 1 atom stereocenters. The lowest BCUT2D eigenvalue weighted by atomic mass is 10.1. The molecule has 1 unspecified atom stereocenters. The number of aliphatic hydroxyl groups is 1. The molecule has 6 nitrogen and oxygen atoms in total. The van der Waals surface area contributed by atoms with Crippen molar-refractivity contribution in [2.45, 2.75) is 19.6 Å². The van der Waals surface area contributed by atoms with Crippen LogP contribution in [0.1, 0.15) is 24.3 Å². The van der Waals surface area contributed by atoms with Crippen LogP contribution in [0.25, 0.3) is 0 Å². The number of aliphatic imine (C=N–C) groups is 1. The fourth-order valence-corrected chi connectivity index (χ4v) is 2.93. The second kappa shape index (κ2) is 10.3. The van der Waals surface area contributed by atoms with Crippen molar-refractivity contribution in [3.8, 4) is 0 Å². The van der Waals surface area contributed by atoms with Gasteiger partial charge in [-0.15, -0.1) is 0 Å². The Kier molecular flexibility index (Phi) is 8.16. The van der Waals surface area contributed by atoms with Crippen LogP contribution in [0.3, 0.4) is 0 Å². The molecule has 0 aliphatic heterocycles. The lowest BCUT2D eigenvalue weighted by molar-refractivity contribution is 0.181. The second-order valence-electron chi connectivity index (χ2n) is 6.18. The Morgan fingerprint density at radius 3 is 2.52 bits per heavy atom. The highest BCUT2D eigenvalue weighted by molar-refractivity contribution is 6.34. The summed E-state index contributed by atoms with van der Waals surface area (Å²) in [5, 5.41) is 17.7. The number of rotatable bonds is 7. The van der Waals surface area contributed by atoms with Gasteiger partial charge in [-0.1, -0.05) is 29.3 Å². The first-order valence-corrected chi connectivity index (χ1v) is 9.44. The minimum atomic E-state index is -0.764. The minimum Gasteiger partial charge on any atom is -0.387 e. The van der Waals surface area contributed by atoms with E-state index < -0.39 is 6.10 Å². The predicted octanol–water partition coefficient (Wildman–Crippen LogP) is 3.24.